The molecule has 1 N–H and O–H groups in total. The summed E-state index contributed by atoms with van der Waals surface area (Å²) in [7, 11) is 0. The zero-order chi connectivity index (χ0) is 28.4. The minimum atomic E-state index is -0.0123. The molecule has 3 aliphatic heterocycles. The average Bonchev–Trinajstić information content (AvgIpc) is 3.50. The molecule has 214 valence electrons. The molecule has 2 aromatic heterocycles. The first kappa shape index (κ1) is 28.0. The first-order chi connectivity index (χ1) is 20.0. The van der Waals surface area contributed by atoms with Crippen molar-refractivity contribution in [2.24, 2.45) is 5.92 Å². The van der Waals surface area contributed by atoms with Crippen molar-refractivity contribution in [1.29, 1.82) is 5.26 Å². The molecule has 0 radical (unpaired) electrons. The highest BCUT2D eigenvalue weighted by Gasteiger charge is 2.49. The van der Waals surface area contributed by atoms with Gasteiger partial charge >= 0.3 is 0 Å². The molecule has 2 fully saturated rings. The first-order valence-corrected chi connectivity index (χ1v) is 15.4. The number of hydrogen-bond acceptors (Lipinski definition) is 7. The summed E-state index contributed by atoms with van der Waals surface area (Å²) in [6, 6.07) is 17.3. The number of hydrogen-bond donors (Lipinski definition) is 1. The van der Waals surface area contributed by atoms with Gasteiger partial charge in [0.2, 0.25) is 0 Å². The van der Waals surface area contributed by atoms with E-state index in [1.54, 1.807) is 12.3 Å². The van der Waals surface area contributed by atoms with Gasteiger partial charge in [-0.2, -0.15) is 5.26 Å². The molecule has 3 aliphatic rings. The van der Waals surface area contributed by atoms with Crippen LogP contribution < -0.4 is 15.0 Å². The zero-order valence-electron chi connectivity index (χ0n) is 24.1. The van der Waals surface area contributed by atoms with E-state index in [9.17, 15) is 5.26 Å². The van der Waals surface area contributed by atoms with Crippen molar-refractivity contribution < 1.29 is 4.74 Å². The molecule has 0 amide bonds. The monoisotopic (exact) mass is 570 g/mol. The second-order valence-corrected chi connectivity index (χ2v) is 12.1. The summed E-state index contributed by atoms with van der Waals surface area (Å²) in [5.41, 5.74) is 5.12. The standard InChI is InChI=1S/C33H39ClN6O/c1-3-24-19-40(32-23(17-35)16-25(34)18-37-32)15-13-33(24)22-39(20-26-8-7-14-36-26)21-30-28(33)11-12-29(38-30)27-9-5-6-10-31(27)41-4-2/h5-6,9-12,16,18,24,26,36H,3-4,7-8,13-15,19-22H2,1-2H3/t24-,26-,33+/m1/s1. The van der Waals surface area contributed by atoms with Crippen LogP contribution in [-0.4, -0.2) is 60.2 Å². The van der Waals surface area contributed by atoms with Gasteiger partial charge in [0.1, 0.15) is 17.6 Å². The molecular weight excluding hydrogens is 532 g/mol. The number of nitrogens with one attached hydrogen (secondary N) is 1. The number of pyridine rings is 2. The molecule has 0 saturated carbocycles. The Hall–Kier alpha value is -3.18. The average molecular weight is 571 g/mol. The number of rotatable bonds is 7. The molecule has 0 aliphatic carbocycles. The predicted molar refractivity (Wildman–Crippen MR) is 163 cm³/mol. The summed E-state index contributed by atoms with van der Waals surface area (Å²) in [6.45, 7) is 10.7. The van der Waals surface area contributed by atoms with Crippen LogP contribution in [0.4, 0.5) is 5.82 Å². The number of fused-ring (bicyclic) bond motifs is 2. The van der Waals surface area contributed by atoms with Crippen molar-refractivity contribution >= 4 is 17.4 Å². The van der Waals surface area contributed by atoms with Gasteiger partial charge < -0.3 is 15.0 Å². The third kappa shape index (κ3) is 5.41. The maximum atomic E-state index is 9.81. The number of piperidine rings is 1. The Bertz CT molecular complexity index is 1430. The van der Waals surface area contributed by atoms with Gasteiger partial charge in [0.15, 0.2) is 0 Å². The molecule has 0 unspecified atom stereocenters. The Morgan fingerprint density at radius 1 is 1.22 bits per heavy atom. The van der Waals surface area contributed by atoms with Crippen molar-refractivity contribution in [2.45, 2.75) is 57.5 Å². The summed E-state index contributed by atoms with van der Waals surface area (Å²) in [4.78, 5) is 14.9. The number of nitrogens with zero attached hydrogens (tertiary/aromatic N) is 5. The smallest absolute Gasteiger partial charge is 0.146 e. The summed E-state index contributed by atoms with van der Waals surface area (Å²) in [5.74, 6) is 2.01. The number of anilines is 1. The molecule has 41 heavy (non-hydrogen) atoms. The van der Waals surface area contributed by atoms with Crippen LogP contribution in [0.25, 0.3) is 11.3 Å². The molecule has 3 aromatic rings. The van der Waals surface area contributed by atoms with E-state index in [1.807, 2.05) is 19.1 Å². The van der Waals surface area contributed by atoms with Crippen LogP contribution in [0.3, 0.4) is 0 Å². The molecule has 8 heteroatoms. The Morgan fingerprint density at radius 3 is 2.88 bits per heavy atom. The summed E-state index contributed by atoms with van der Waals surface area (Å²) >= 11 is 6.18. The lowest BCUT2D eigenvalue weighted by Gasteiger charge is -2.53. The summed E-state index contributed by atoms with van der Waals surface area (Å²) < 4.78 is 5.97. The first-order valence-electron chi connectivity index (χ1n) is 15.0. The third-order valence-electron chi connectivity index (χ3n) is 9.29. The fourth-order valence-corrected chi connectivity index (χ4v) is 7.56. The van der Waals surface area contributed by atoms with Crippen molar-refractivity contribution in [3.63, 3.8) is 0 Å². The Balaban J connectivity index is 1.38. The SMILES string of the molecule is CCOc1ccccc1-c1ccc2c(n1)CN(C[C@H]1CCCN1)C[C@]21CCN(c2ncc(Cl)cc2C#N)C[C@H]1CC. The minimum Gasteiger partial charge on any atom is -0.493 e. The Kier molecular flexibility index (Phi) is 8.16. The van der Waals surface area contributed by atoms with E-state index < -0.39 is 0 Å². The zero-order valence-corrected chi connectivity index (χ0v) is 24.8. The highest BCUT2D eigenvalue weighted by Crippen LogP contribution is 2.47. The fourth-order valence-electron chi connectivity index (χ4n) is 7.40. The number of nitriles is 1. The minimum absolute atomic E-state index is 0.0123. The number of halogens is 1. The third-order valence-corrected chi connectivity index (χ3v) is 9.50. The van der Waals surface area contributed by atoms with E-state index in [2.05, 4.69) is 57.4 Å². The van der Waals surface area contributed by atoms with Gasteiger partial charge in [-0.1, -0.05) is 43.1 Å². The maximum Gasteiger partial charge on any atom is 0.146 e. The van der Waals surface area contributed by atoms with E-state index in [-0.39, 0.29) is 5.41 Å². The number of ether oxygens (including phenoxy) is 1. The molecule has 7 nitrogen and oxygen atoms in total. The van der Waals surface area contributed by atoms with Crippen LogP contribution in [-0.2, 0) is 12.0 Å². The maximum absolute atomic E-state index is 9.81. The van der Waals surface area contributed by atoms with E-state index in [4.69, 9.17) is 21.3 Å². The molecule has 5 heterocycles. The second kappa shape index (κ2) is 12.0. The van der Waals surface area contributed by atoms with Gasteiger partial charge in [0.25, 0.3) is 0 Å². The second-order valence-electron chi connectivity index (χ2n) is 11.7. The Morgan fingerprint density at radius 2 is 2.10 bits per heavy atom. The normalized spacial score (nSPS) is 24.3. The van der Waals surface area contributed by atoms with Gasteiger partial charge in [-0.3, -0.25) is 9.88 Å². The highest BCUT2D eigenvalue weighted by atomic mass is 35.5. The van der Waals surface area contributed by atoms with Gasteiger partial charge in [0, 0.05) is 55.9 Å². The molecular formula is C33H39ClN6O. The molecule has 0 bridgehead atoms. The molecule has 1 aromatic carbocycles. The summed E-state index contributed by atoms with van der Waals surface area (Å²) in [5, 5.41) is 14.0. The predicted octanol–water partition coefficient (Wildman–Crippen LogP) is 5.81. The van der Waals surface area contributed by atoms with Crippen LogP contribution in [0, 0.1) is 17.2 Å². The van der Waals surface area contributed by atoms with E-state index >= 15 is 0 Å². The van der Waals surface area contributed by atoms with Crippen LogP contribution >= 0.6 is 11.6 Å². The molecule has 2 saturated heterocycles. The largest absolute Gasteiger partial charge is 0.493 e. The quantitative estimate of drug-likeness (QED) is 0.384. The van der Waals surface area contributed by atoms with Gasteiger partial charge in [-0.05, 0) is 68.5 Å². The van der Waals surface area contributed by atoms with Crippen molar-refractivity contribution in [3.8, 4) is 23.1 Å². The van der Waals surface area contributed by atoms with Gasteiger partial charge in [-0.25, -0.2) is 4.98 Å². The van der Waals surface area contributed by atoms with Crippen LogP contribution in [0.5, 0.6) is 5.75 Å². The van der Waals surface area contributed by atoms with Crippen LogP contribution in [0.2, 0.25) is 5.02 Å². The van der Waals surface area contributed by atoms with Crippen molar-refractivity contribution in [3.05, 3.63) is 70.5 Å². The molecule has 1 spiro atoms. The molecule has 3 atom stereocenters. The van der Waals surface area contributed by atoms with E-state index in [0.29, 0.717) is 29.2 Å². The molecule has 6 rings (SSSR count). The van der Waals surface area contributed by atoms with Gasteiger partial charge in [0.05, 0.1) is 28.6 Å². The van der Waals surface area contributed by atoms with Gasteiger partial charge in [-0.15, -0.1) is 0 Å². The summed E-state index contributed by atoms with van der Waals surface area (Å²) in [6.07, 6.45) is 6.16. The highest BCUT2D eigenvalue weighted by molar-refractivity contribution is 6.30. The lowest BCUT2D eigenvalue weighted by atomic mass is 9.62. The van der Waals surface area contributed by atoms with E-state index in [0.717, 1.165) is 74.9 Å². The fraction of sp³-hybridized carbons (Fsp3) is 0.485. The van der Waals surface area contributed by atoms with Crippen molar-refractivity contribution in [1.82, 2.24) is 20.2 Å². The van der Waals surface area contributed by atoms with E-state index in [1.165, 1.54) is 24.1 Å². The number of aromatic nitrogens is 2. The van der Waals surface area contributed by atoms with Crippen molar-refractivity contribution in [2.75, 3.05) is 44.2 Å². The van der Waals surface area contributed by atoms with Crippen LogP contribution in [0.15, 0.2) is 48.7 Å². The topological polar surface area (TPSA) is 77.3 Å². The Labute approximate surface area is 248 Å². The number of benzene rings is 1. The lowest BCUT2D eigenvalue weighted by Crippen LogP contribution is -2.58. The lowest BCUT2D eigenvalue weighted by molar-refractivity contribution is 0.0966. The van der Waals surface area contributed by atoms with Crippen LogP contribution in [0.1, 0.15) is 56.4 Å². The number of para-hydroxylation sites is 1.